The molecule has 1 fully saturated rings. The number of nitrogens with zero attached hydrogens (tertiary/aromatic N) is 6. The maximum atomic E-state index is 14.3. The number of hydrogen-bond donors (Lipinski definition) is 1. The van der Waals surface area contributed by atoms with Gasteiger partial charge in [0.25, 0.3) is 0 Å². The van der Waals surface area contributed by atoms with Gasteiger partial charge in [-0.15, -0.1) is 12.4 Å². The van der Waals surface area contributed by atoms with Gasteiger partial charge in [0, 0.05) is 38.9 Å². The van der Waals surface area contributed by atoms with E-state index >= 15 is 0 Å². The van der Waals surface area contributed by atoms with Crippen LogP contribution in [-0.4, -0.2) is 70.4 Å². The average Bonchev–Trinajstić information content (AvgIpc) is 3.17. The first-order chi connectivity index (χ1) is 16.0. The van der Waals surface area contributed by atoms with Crippen molar-refractivity contribution in [3.63, 3.8) is 0 Å². The minimum Gasteiger partial charge on any atom is -0.324 e. The molecule has 15 heteroatoms. The largest absolute Gasteiger partial charge is 0.449 e. The number of benzene rings is 1. The van der Waals surface area contributed by atoms with E-state index in [0.29, 0.717) is 36.4 Å². The van der Waals surface area contributed by atoms with Gasteiger partial charge in [0.15, 0.2) is 5.82 Å². The molecule has 9 nitrogen and oxygen atoms in total. The molecule has 1 aliphatic heterocycles. The highest BCUT2D eigenvalue weighted by atomic mass is 35.5. The monoisotopic (exact) mass is 535 g/mol. The van der Waals surface area contributed by atoms with Gasteiger partial charge in [0.1, 0.15) is 5.69 Å². The fourth-order valence-corrected chi connectivity index (χ4v) is 4.94. The second-order valence-electron chi connectivity index (χ2n) is 7.77. The van der Waals surface area contributed by atoms with Crippen LogP contribution in [-0.2, 0) is 23.2 Å². The van der Waals surface area contributed by atoms with Gasteiger partial charge in [-0.05, 0) is 31.3 Å². The van der Waals surface area contributed by atoms with Crippen LogP contribution < -0.4 is 5.32 Å². The summed E-state index contributed by atoms with van der Waals surface area (Å²) in [6.45, 7) is 2.08. The highest BCUT2D eigenvalue weighted by Gasteiger charge is 2.37. The van der Waals surface area contributed by atoms with Crippen molar-refractivity contribution in [1.82, 2.24) is 28.7 Å². The zero-order valence-corrected chi connectivity index (χ0v) is 20.3. The van der Waals surface area contributed by atoms with E-state index in [2.05, 4.69) is 20.3 Å². The van der Waals surface area contributed by atoms with E-state index in [4.69, 9.17) is 0 Å². The lowest BCUT2D eigenvalue weighted by atomic mass is 10.3. The predicted molar refractivity (Wildman–Crippen MR) is 122 cm³/mol. The molecule has 1 N–H and O–H groups in total. The molecule has 0 unspecified atom stereocenters. The second kappa shape index (κ2) is 10.0. The summed E-state index contributed by atoms with van der Waals surface area (Å²) in [6, 6.07) is 5.86. The van der Waals surface area contributed by atoms with Gasteiger partial charge in [0.05, 0.1) is 23.0 Å². The standard InChI is InChI=1S/C20H21F4N7O2S.ClH/c1-29-7-9-31(10-8-29)34(32,33)14-5-3-13(4-6-14)27-19-26-11-15(21)17(28-19)16-12-25-18(30(16)2)20(22,23)24;/h3-6,11-12H,7-10H2,1-2H3,(H,26,27,28);1H. The Labute approximate surface area is 205 Å². The summed E-state index contributed by atoms with van der Waals surface area (Å²) >= 11 is 0. The molecule has 4 rings (SSSR count). The third-order valence-electron chi connectivity index (χ3n) is 5.44. The first-order valence-electron chi connectivity index (χ1n) is 10.1. The van der Waals surface area contributed by atoms with E-state index in [9.17, 15) is 26.0 Å². The van der Waals surface area contributed by atoms with Gasteiger partial charge in [-0.25, -0.2) is 27.8 Å². The molecule has 1 aromatic carbocycles. The number of aromatic nitrogens is 4. The Hall–Kier alpha value is -2.81. The number of piperazine rings is 1. The van der Waals surface area contributed by atoms with Gasteiger partial charge < -0.3 is 14.8 Å². The molecule has 3 heterocycles. The minimum atomic E-state index is -4.70. The van der Waals surface area contributed by atoms with E-state index in [1.54, 1.807) is 0 Å². The Balaban J connectivity index is 0.00000342. The quantitative estimate of drug-likeness (QED) is 0.501. The van der Waals surface area contributed by atoms with Crippen molar-refractivity contribution in [3.05, 3.63) is 48.3 Å². The first-order valence-corrected chi connectivity index (χ1v) is 11.6. The molecular formula is C20H22ClF4N7O2S. The van der Waals surface area contributed by atoms with Crippen LogP contribution in [0.4, 0.5) is 29.2 Å². The number of alkyl halides is 3. The van der Waals surface area contributed by atoms with Gasteiger partial charge in [-0.1, -0.05) is 0 Å². The lowest BCUT2D eigenvalue weighted by molar-refractivity contribution is -0.146. The molecule has 0 spiro atoms. The normalized spacial score (nSPS) is 15.6. The van der Waals surface area contributed by atoms with Crippen molar-refractivity contribution in [1.29, 1.82) is 0 Å². The van der Waals surface area contributed by atoms with E-state index < -0.39 is 27.8 Å². The van der Waals surface area contributed by atoms with E-state index in [0.717, 1.165) is 19.4 Å². The van der Waals surface area contributed by atoms with Crippen LogP contribution in [0.5, 0.6) is 0 Å². The van der Waals surface area contributed by atoms with Crippen molar-refractivity contribution in [2.75, 3.05) is 38.5 Å². The van der Waals surface area contributed by atoms with E-state index in [-0.39, 0.29) is 34.6 Å². The first kappa shape index (κ1) is 26.8. The maximum Gasteiger partial charge on any atom is 0.449 e. The Morgan fingerprint density at radius 1 is 0.971 bits per heavy atom. The molecule has 1 saturated heterocycles. The van der Waals surface area contributed by atoms with Gasteiger partial charge in [-0.2, -0.15) is 17.5 Å². The van der Waals surface area contributed by atoms with Crippen LogP contribution in [0, 0.1) is 5.82 Å². The zero-order chi connectivity index (χ0) is 24.7. The van der Waals surface area contributed by atoms with Crippen molar-refractivity contribution in [3.8, 4) is 11.4 Å². The molecule has 3 aromatic rings. The molecule has 0 saturated carbocycles. The number of sulfonamides is 1. The van der Waals surface area contributed by atoms with Gasteiger partial charge >= 0.3 is 6.18 Å². The Morgan fingerprint density at radius 2 is 1.60 bits per heavy atom. The fraction of sp³-hybridized carbons (Fsp3) is 0.350. The molecule has 0 atom stereocenters. The summed E-state index contributed by atoms with van der Waals surface area (Å²) in [6.07, 6.45) is -2.99. The third-order valence-corrected chi connectivity index (χ3v) is 7.35. The summed E-state index contributed by atoms with van der Waals surface area (Å²) < 4.78 is 81.2. The summed E-state index contributed by atoms with van der Waals surface area (Å²) in [5.41, 5.74) is -0.128. The Morgan fingerprint density at radius 3 is 2.17 bits per heavy atom. The fourth-order valence-electron chi connectivity index (χ4n) is 3.52. The summed E-state index contributed by atoms with van der Waals surface area (Å²) in [7, 11) is -0.604. The zero-order valence-electron chi connectivity index (χ0n) is 18.6. The molecule has 35 heavy (non-hydrogen) atoms. The van der Waals surface area contributed by atoms with Crippen LogP contribution in [0.3, 0.4) is 0 Å². The average molecular weight is 536 g/mol. The summed E-state index contributed by atoms with van der Waals surface area (Å²) in [5, 5.41) is 2.81. The molecule has 0 aliphatic carbocycles. The van der Waals surface area contributed by atoms with Crippen molar-refractivity contribution in [2.24, 2.45) is 7.05 Å². The van der Waals surface area contributed by atoms with E-state index in [1.165, 1.54) is 28.6 Å². The lowest BCUT2D eigenvalue weighted by Crippen LogP contribution is -2.46. The van der Waals surface area contributed by atoms with E-state index in [1.807, 2.05) is 11.9 Å². The SMILES string of the molecule is CN1CCN(S(=O)(=O)c2ccc(Nc3ncc(F)c(-c4cnc(C(F)(F)F)n4C)n3)cc2)CC1.Cl. The number of imidazole rings is 1. The van der Waals surface area contributed by atoms with Crippen molar-refractivity contribution >= 4 is 34.1 Å². The molecule has 0 amide bonds. The summed E-state index contributed by atoms with van der Waals surface area (Å²) in [4.78, 5) is 13.3. The number of hydrogen-bond acceptors (Lipinski definition) is 7. The highest BCUT2D eigenvalue weighted by molar-refractivity contribution is 7.89. The van der Waals surface area contributed by atoms with Gasteiger partial charge in [-0.3, -0.25) is 0 Å². The Kier molecular flexibility index (Phi) is 7.69. The number of likely N-dealkylation sites (N-methyl/N-ethyl adjacent to an activating group) is 1. The lowest BCUT2D eigenvalue weighted by Gasteiger charge is -2.31. The predicted octanol–water partition coefficient (Wildman–Crippen LogP) is 3.14. The second-order valence-corrected chi connectivity index (χ2v) is 9.71. The topological polar surface area (TPSA) is 96.3 Å². The molecule has 2 aromatic heterocycles. The molecule has 0 radical (unpaired) electrons. The molecular weight excluding hydrogens is 514 g/mol. The Bertz CT molecular complexity index is 1290. The number of nitrogens with one attached hydrogen (secondary N) is 1. The molecule has 0 bridgehead atoms. The van der Waals surface area contributed by atoms with Crippen LogP contribution >= 0.6 is 12.4 Å². The minimum absolute atomic E-state index is 0. The van der Waals surface area contributed by atoms with Crippen LogP contribution in [0.1, 0.15) is 5.82 Å². The van der Waals surface area contributed by atoms with Crippen molar-refractivity contribution < 1.29 is 26.0 Å². The van der Waals surface area contributed by atoms with Gasteiger partial charge in [0.2, 0.25) is 21.8 Å². The number of rotatable bonds is 5. The highest BCUT2D eigenvalue weighted by Crippen LogP contribution is 2.31. The number of halogens is 5. The number of anilines is 2. The molecule has 190 valence electrons. The van der Waals surface area contributed by atoms with Crippen LogP contribution in [0.25, 0.3) is 11.4 Å². The van der Waals surface area contributed by atoms with Crippen molar-refractivity contribution in [2.45, 2.75) is 11.1 Å². The third kappa shape index (κ3) is 5.55. The van der Waals surface area contributed by atoms with Crippen LogP contribution in [0.2, 0.25) is 0 Å². The smallest absolute Gasteiger partial charge is 0.324 e. The summed E-state index contributed by atoms with van der Waals surface area (Å²) in [5.74, 6) is -2.19. The maximum absolute atomic E-state index is 14.3. The van der Waals surface area contributed by atoms with Crippen LogP contribution in [0.15, 0.2) is 41.6 Å². The molecule has 1 aliphatic rings.